The van der Waals surface area contributed by atoms with Crippen molar-refractivity contribution >= 4 is 11.8 Å². The second kappa shape index (κ2) is 6.01. The zero-order chi connectivity index (χ0) is 13.7. The maximum absolute atomic E-state index is 10.8. The standard InChI is InChI=1S/C13H17N3O2/c1-8(2)11(6-12(17)18)16-13-10(7-14)9(3)4-5-15-13/h4-5,8,11H,6H2,1-3H3,(H,15,16)(H,17,18). The molecule has 1 aromatic heterocycles. The third-order valence-corrected chi connectivity index (χ3v) is 2.79. The van der Waals surface area contributed by atoms with E-state index in [-0.39, 0.29) is 18.4 Å². The van der Waals surface area contributed by atoms with Gasteiger partial charge in [-0.2, -0.15) is 5.26 Å². The first-order valence-corrected chi connectivity index (χ1v) is 5.79. The van der Waals surface area contributed by atoms with E-state index in [0.29, 0.717) is 11.4 Å². The van der Waals surface area contributed by atoms with Crippen LogP contribution in [0.4, 0.5) is 5.82 Å². The van der Waals surface area contributed by atoms with Crippen LogP contribution in [0, 0.1) is 24.2 Å². The number of hydrogen-bond acceptors (Lipinski definition) is 4. The van der Waals surface area contributed by atoms with Crippen molar-refractivity contribution in [2.24, 2.45) is 5.92 Å². The molecular weight excluding hydrogens is 230 g/mol. The molecule has 1 aromatic rings. The van der Waals surface area contributed by atoms with Crippen LogP contribution in [-0.2, 0) is 4.79 Å². The fourth-order valence-electron chi connectivity index (χ4n) is 1.63. The first-order valence-electron chi connectivity index (χ1n) is 5.79. The van der Waals surface area contributed by atoms with E-state index in [1.165, 1.54) is 0 Å². The predicted octanol–water partition coefficient (Wildman–Crippen LogP) is 2.17. The highest BCUT2D eigenvalue weighted by atomic mass is 16.4. The van der Waals surface area contributed by atoms with Gasteiger partial charge in [-0.1, -0.05) is 13.8 Å². The van der Waals surface area contributed by atoms with E-state index in [1.807, 2.05) is 20.8 Å². The van der Waals surface area contributed by atoms with Crippen LogP contribution in [0.5, 0.6) is 0 Å². The molecule has 1 rings (SSSR count). The number of pyridine rings is 1. The van der Waals surface area contributed by atoms with Gasteiger partial charge in [-0.15, -0.1) is 0 Å². The number of carboxylic acids is 1. The van der Waals surface area contributed by atoms with E-state index >= 15 is 0 Å². The van der Waals surface area contributed by atoms with Gasteiger partial charge in [0.2, 0.25) is 0 Å². The lowest BCUT2D eigenvalue weighted by atomic mass is 10.0. The van der Waals surface area contributed by atoms with Gasteiger partial charge in [-0.25, -0.2) is 4.98 Å². The van der Waals surface area contributed by atoms with Gasteiger partial charge in [-0.05, 0) is 24.5 Å². The van der Waals surface area contributed by atoms with Crippen LogP contribution in [0.1, 0.15) is 31.4 Å². The molecule has 0 aliphatic heterocycles. The highest BCUT2D eigenvalue weighted by molar-refractivity contribution is 5.68. The molecule has 5 heteroatoms. The number of rotatable bonds is 5. The fourth-order valence-corrected chi connectivity index (χ4v) is 1.63. The quantitative estimate of drug-likeness (QED) is 0.832. The summed E-state index contributed by atoms with van der Waals surface area (Å²) in [6.07, 6.45) is 1.61. The summed E-state index contributed by atoms with van der Waals surface area (Å²) in [5.41, 5.74) is 1.29. The Hall–Kier alpha value is -2.09. The van der Waals surface area contributed by atoms with Gasteiger partial charge >= 0.3 is 5.97 Å². The number of anilines is 1. The van der Waals surface area contributed by atoms with Gasteiger partial charge in [0.25, 0.3) is 0 Å². The Kier molecular flexibility index (Phi) is 4.67. The van der Waals surface area contributed by atoms with Gasteiger partial charge in [0.1, 0.15) is 11.9 Å². The monoisotopic (exact) mass is 247 g/mol. The lowest BCUT2D eigenvalue weighted by Crippen LogP contribution is -2.29. The summed E-state index contributed by atoms with van der Waals surface area (Å²) in [4.78, 5) is 14.9. The number of aromatic nitrogens is 1. The number of nitrogens with zero attached hydrogens (tertiary/aromatic N) is 2. The van der Waals surface area contributed by atoms with Gasteiger partial charge in [0.15, 0.2) is 0 Å². The minimum absolute atomic E-state index is 0.00183. The molecule has 1 heterocycles. The molecule has 0 aliphatic carbocycles. The molecule has 0 saturated carbocycles. The summed E-state index contributed by atoms with van der Waals surface area (Å²) in [6, 6.07) is 3.60. The Morgan fingerprint density at radius 3 is 2.78 bits per heavy atom. The maximum Gasteiger partial charge on any atom is 0.305 e. The zero-order valence-electron chi connectivity index (χ0n) is 10.8. The van der Waals surface area contributed by atoms with E-state index in [0.717, 1.165) is 5.56 Å². The van der Waals surface area contributed by atoms with Gasteiger partial charge in [0, 0.05) is 12.2 Å². The Labute approximate surface area is 106 Å². The number of nitrogens with one attached hydrogen (secondary N) is 1. The number of nitriles is 1. The van der Waals surface area contributed by atoms with Crippen molar-refractivity contribution < 1.29 is 9.90 Å². The van der Waals surface area contributed by atoms with E-state index in [9.17, 15) is 4.79 Å². The minimum Gasteiger partial charge on any atom is -0.481 e. The van der Waals surface area contributed by atoms with E-state index < -0.39 is 5.97 Å². The lowest BCUT2D eigenvalue weighted by Gasteiger charge is -2.22. The van der Waals surface area contributed by atoms with E-state index in [1.54, 1.807) is 12.3 Å². The summed E-state index contributed by atoms with van der Waals surface area (Å²) < 4.78 is 0. The van der Waals surface area contributed by atoms with Gasteiger partial charge in [-0.3, -0.25) is 4.79 Å². The molecule has 96 valence electrons. The third-order valence-electron chi connectivity index (χ3n) is 2.79. The Morgan fingerprint density at radius 2 is 2.28 bits per heavy atom. The van der Waals surface area contributed by atoms with Crippen molar-refractivity contribution in [2.75, 3.05) is 5.32 Å². The summed E-state index contributed by atoms with van der Waals surface area (Å²) in [6.45, 7) is 5.69. The van der Waals surface area contributed by atoms with E-state index in [4.69, 9.17) is 10.4 Å². The molecule has 18 heavy (non-hydrogen) atoms. The first-order chi connectivity index (χ1) is 8.45. The summed E-state index contributed by atoms with van der Waals surface area (Å²) in [7, 11) is 0. The number of hydrogen-bond donors (Lipinski definition) is 2. The number of aliphatic carboxylic acids is 1. The fraction of sp³-hybridized carbons (Fsp3) is 0.462. The SMILES string of the molecule is Cc1ccnc(NC(CC(=O)O)C(C)C)c1C#N. The van der Waals surface area contributed by atoms with Crippen molar-refractivity contribution in [1.29, 1.82) is 5.26 Å². The highest BCUT2D eigenvalue weighted by Crippen LogP contribution is 2.19. The maximum atomic E-state index is 10.8. The largest absolute Gasteiger partial charge is 0.481 e. The van der Waals surface area contributed by atoms with Crippen LogP contribution in [0.2, 0.25) is 0 Å². The van der Waals surface area contributed by atoms with Crippen LogP contribution < -0.4 is 5.32 Å². The highest BCUT2D eigenvalue weighted by Gasteiger charge is 2.19. The minimum atomic E-state index is -0.868. The lowest BCUT2D eigenvalue weighted by molar-refractivity contribution is -0.137. The molecule has 0 aliphatic rings. The Bertz CT molecular complexity index is 478. The molecule has 0 aromatic carbocycles. The van der Waals surface area contributed by atoms with Crippen molar-refractivity contribution in [3.8, 4) is 6.07 Å². The van der Waals surface area contributed by atoms with Crippen molar-refractivity contribution in [1.82, 2.24) is 4.98 Å². The molecule has 1 unspecified atom stereocenters. The smallest absolute Gasteiger partial charge is 0.305 e. The van der Waals surface area contributed by atoms with Gasteiger partial charge < -0.3 is 10.4 Å². The average molecular weight is 247 g/mol. The van der Waals surface area contributed by atoms with Crippen LogP contribution in [0.25, 0.3) is 0 Å². The van der Waals surface area contributed by atoms with Crippen LogP contribution >= 0.6 is 0 Å². The van der Waals surface area contributed by atoms with Crippen LogP contribution in [-0.4, -0.2) is 22.1 Å². The Balaban J connectivity index is 2.98. The average Bonchev–Trinajstić information content (AvgIpc) is 2.27. The molecule has 0 saturated heterocycles. The molecule has 5 nitrogen and oxygen atoms in total. The molecule has 0 amide bonds. The number of aryl methyl sites for hydroxylation is 1. The molecular formula is C13H17N3O2. The second-order valence-corrected chi connectivity index (χ2v) is 4.56. The molecule has 2 N–H and O–H groups in total. The third kappa shape index (κ3) is 3.45. The number of carbonyl (C=O) groups is 1. The molecule has 0 bridgehead atoms. The zero-order valence-corrected chi connectivity index (χ0v) is 10.8. The first kappa shape index (κ1) is 14.0. The summed E-state index contributed by atoms with van der Waals surface area (Å²) in [5, 5.41) is 21.0. The Morgan fingerprint density at radius 1 is 1.61 bits per heavy atom. The summed E-state index contributed by atoms with van der Waals surface area (Å²) >= 11 is 0. The number of carboxylic acid groups (broad SMARTS) is 1. The summed E-state index contributed by atoms with van der Waals surface area (Å²) in [5.74, 6) is -0.278. The van der Waals surface area contributed by atoms with Gasteiger partial charge in [0.05, 0.1) is 12.0 Å². The van der Waals surface area contributed by atoms with Crippen LogP contribution in [0.3, 0.4) is 0 Å². The van der Waals surface area contributed by atoms with E-state index in [2.05, 4.69) is 16.4 Å². The predicted molar refractivity (Wildman–Crippen MR) is 68.2 cm³/mol. The van der Waals surface area contributed by atoms with Crippen LogP contribution in [0.15, 0.2) is 12.3 Å². The molecule has 0 radical (unpaired) electrons. The molecule has 0 spiro atoms. The topological polar surface area (TPSA) is 86.0 Å². The molecule has 0 fully saturated rings. The van der Waals surface area contributed by atoms with Crippen molar-refractivity contribution in [3.63, 3.8) is 0 Å². The molecule has 1 atom stereocenters. The normalized spacial score (nSPS) is 11.9. The van der Waals surface area contributed by atoms with Crippen molar-refractivity contribution in [2.45, 2.75) is 33.2 Å². The van der Waals surface area contributed by atoms with Crippen molar-refractivity contribution in [3.05, 3.63) is 23.4 Å². The second-order valence-electron chi connectivity index (χ2n) is 4.56.